The second-order valence-corrected chi connectivity index (χ2v) is 3.55. The molecule has 0 aromatic carbocycles. The van der Waals surface area contributed by atoms with Crippen LogP contribution in [0.2, 0.25) is 0 Å². The van der Waals surface area contributed by atoms with E-state index in [0.717, 1.165) is 29.2 Å². The minimum atomic E-state index is 0.0544. The van der Waals surface area contributed by atoms with Crippen LogP contribution in [0.3, 0.4) is 0 Å². The summed E-state index contributed by atoms with van der Waals surface area (Å²) in [6.45, 7) is 7.00. The Morgan fingerprint density at radius 2 is 2.07 bits per heavy atom. The summed E-state index contributed by atoms with van der Waals surface area (Å²) in [5.74, 6) is 0.896. The van der Waals surface area contributed by atoms with E-state index in [1.165, 1.54) is 0 Å². The van der Waals surface area contributed by atoms with Crippen LogP contribution in [0.25, 0.3) is 0 Å². The normalized spacial score (nSPS) is 10.4. The third-order valence-electron chi connectivity index (χ3n) is 2.45. The topological polar surface area (TPSA) is 36.4 Å². The van der Waals surface area contributed by atoms with Crippen LogP contribution in [0.1, 0.15) is 23.7 Å². The quantitative estimate of drug-likeness (QED) is 0.794. The molecule has 1 N–H and O–H groups in total. The molecule has 0 atom stereocenters. The molecule has 0 unspecified atom stereocenters. The first-order chi connectivity index (χ1) is 6.60. The summed E-state index contributed by atoms with van der Waals surface area (Å²) >= 11 is 0. The summed E-state index contributed by atoms with van der Waals surface area (Å²) in [4.78, 5) is 6.49. The molecule has 1 heterocycles. The average Bonchev–Trinajstić information content (AvgIpc) is 2.15. The van der Waals surface area contributed by atoms with Gasteiger partial charge in [-0.1, -0.05) is 0 Å². The zero-order valence-corrected chi connectivity index (χ0v) is 9.33. The minimum Gasteiger partial charge on any atom is -0.392 e. The van der Waals surface area contributed by atoms with Gasteiger partial charge in [0.15, 0.2) is 0 Å². The second kappa shape index (κ2) is 4.42. The van der Waals surface area contributed by atoms with E-state index < -0.39 is 0 Å². The Kier molecular flexibility index (Phi) is 3.47. The molecule has 0 aliphatic carbocycles. The second-order valence-electron chi connectivity index (χ2n) is 3.55. The molecule has 0 amide bonds. The first kappa shape index (κ1) is 11.0. The highest BCUT2D eigenvalue weighted by molar-refractivity contribution is 5.50. The third kappa shape index (κ3) is 2.04. The molecule has 0 aliphatic heterocycles. The monoisotopic (exact) mass is 194 g/mol. The number of rotatable bonds is 3. The van der Waals surface area contributed by atoms with E-state index in [9.17, 15) is 5.11 Å². The van der Waals surface area contributed by atoms with Crippen molar-refractivity contribution in [1.29, 1.82) is 0 Å². The molecule has 0 spiro atoms. The number of aromatic nitrogens is 1. The molecular weight excluding hydrogens is 176 g/mol. The summed E-state index contributed by atoms with van der Waals surface area (Å²) in [5.41, 5.74) is 3.03. The zero-order chi connectivity index (χ0) is 10.7. The minimum absolute atomic E-state index is 0.0544. The van der Waals surface area contributed by atoms with Crippen LogP contribution >= 0.6 is 0 Å². The number of nitrogens with zero attached hydrogens (tertiary/aromatic N) is 2. The molecule has 14 heavy (non-hydrogen) atoms. The van der Waals surface area contributed by atoms with Crippen molar-refractivity contribution >= 4 is 5.82 Å². The van der Waals surface area contributed by atoms with Crippen LogP contribution in [0.5, 0.6) is 0 Å². The standard InChI is InChI=1S/C11H18N2O/c1-5-13(4)11-10(7-14)8(2)6-9(3)12-11/h6,14H,5,7H2,1-4H3. The lowest BCUT2D eigenvalue weighted by Gasteiger charge is -2.20. The lowest BCUT2D eigenvalue weighted by atomic mass is 10.1. The molecule has 0 fully saturated rings. The smallest absolute Gasteiger partial charge is 0.134 e. The van der Waals surface area contributed by atoms with Crippen molar-refractivity contribution < 1.29 is 5.11 Å². The van der Waals surface area contributed by atoms with E-state index in [0.29, 0.717) is 0 Å². The maximum Gasteiger partial charge on any atom is 0.134 e. The molecule has 3 nitrogen and oxygen atoms in total. The fourth-order valence-corrected chi connectivity index (χ4v) is 1.50. The Balaban J connectivity index is 3.24. The highest BCUT2D eigenvalue weighted by atomic mass is 16.3. The van der Waals surface area contributed by atoms with Crippen LogP contribution in [-0.4, -0.2) is 23.7 Å². The SMILES string of the molecule is CCN(C)c1nc(C)cc(C)c1CO. The molecule has 1 rings (SSSR count). The molecule has 3 heteroatoms. The molecule has 0 radical (unpaired) electrons. The maximum atomic E-state index is 9.27. The Bertz CT molecular complexity index is 323. The Morgan fingerprint density at radius 3 is 2.57 bits per heavy atom. The molecular formula is C11H18N2O. The van der Waals surface area contributed by atoms with Gasteiger partial charge >= 0.3 is 0 Å². The van der Waals surface area contributed by atoms with Gasteiger partial charge in [0.25, 0.3) is 0 Å². The van der Waals surface area contributed by atoms with E-state index in [1.807, 2.05) is 31.9 Å². The summed E-state index contributed by atoms with van der Waals surface area (Å²) in [5, 5.41) is 9.27. The molecule has 0 saturated carbocycles. The summed E-state index contributed by atoms with van der Waals surface area (Å²) in [7, 11) is 1.99. The summed E-state index contributed by atoms with van der Waals surface area (Å²) in [6, 6.07) is 2.00. The zero-order valence-electron chi connectivity index (χ0n) is 9.33. The van der Waals surface area contributed by atoms with E-state index in [1.54, 1.807) is 0 Å². The number of hydrogen-bond donors (Lipinski definition) is 1. The van der Waals surface area contributed by atoms with E-state index >= 15 is 0 Å². The van der Waals surface area contributed by atoms with Gasteiger partial charge in [0.2, 0.25) is 0 Å². The van der Waals surface area contributed by atoms with Crippen molar-refractivity contribution in [2.24, 2.45) is 0 Å². The number of aliphatic hydroxyl groups excluding tert-OH is 1. The summed E-state index contributed by atoms with van der Waals surface area (Å²) in [6.07, 6.45) is 0. The third-order valence-corrected chi connectivity index (χ3v) is 2.45. The van der Waals surface area contributed by atoms with Crippen LogP contribution in [0.15, 0.2) is 6.07 Å². The predicted octanol–water partition coefficient (Wildman–Crippen LogP) is 1.65. The van der Waals surface area contributed by atoms with E-state index in [2.05, 4.69) is 11.9 Å². The highest BCUT2D eigenvalue weighted by Crippen LogP contribution is 2.21. The average molecular weight is 194 g/mol. The summed E-state index contributed by atoms with van der Waals surface area (Å²) < 4.78 is 0. The van der Waals surface area contributed by atoms with Gasteiger partial charge in [0.1, 0.15) is 5.82 Å². The van der Waals surface area contributed by atoms with Crippen molar-refractivity contribution in [3.05, 3.63) is 22.9 Å². The first-order valence-electron chi connectivity index (χ1n) is 4.89. The number of anilines is 1. The van der Waals surface area contributed by atoms with Gasteiger partial charge in [-0.15, -0.1) is 0 Å². The van der Waals surface area contributed by atoms with Gasteiger partial charge in [-0.3, -0.25) is 0 Å². The van der Waals surface area contributed by atoms with Crippen molar-refractivity contribution in [2.75, 3.05) is 18.5 Å². The van der Waals surface area contributed by atoms with Gasteiger partial charge in [0, 0.05) is 24.8 Å². The molecule has 0 saturated heterocycles. The fourth-order valence-electron chi connectivity index (χ4n) is 1.50. The Hall–Kier alpha value is -1.09. The number of aryl methyl sites for hydroxylation is 2. The van der Waals surface area contributed by atoms with Gasteiger partial charge in [-0.05, 0) is 32.4 Å². The number of hydrogen-bond acceptors (Lipinski definition) is 3. The van der Waals surface area contributed by atoms with E-state index in [-0.39, 0.29) is 6.61 Å². The number of pyridine rings is 1. The predicted molar refractivity (Wildman–Crippen MR) is 58.6 cm³/mol. The van der Waals surface area contributed by atoms with Crippen LogP contribution < -0.4 is 4.90 Å². The van der Waals surface area contributed by atoms with Gasteiger partial charge in [-0.25, -0.2) is 4.98 Å². The van der Waals surface area contributed by atoms with Gasteiger partial charge in [0.05, 0.1) is 6.61 Å². The van der Waals surface area contributed by atoms with Crippen LogP contribution in [-0.2, 0) is 6.61 Å². The lowest BCUT2D eigenvalue weighted by Crippen LogP contribution is -2.20. The van der Waals surface area contributed by atoms with Crippen LogP contribution in [0.4, 0.5) is 5.82 Å². The highest BCUT2D eigenvalue weighted by Gasteiger charge is 2.10. The van der Waals surface area contributed by atoms with Crippen molar-refractivity contribution in [3.8, 4) is 0 Å². The van der Waals surface area contributed by atoms with Gasteiger partial charge in [-0.2, -0.15) is 0 Å². The fraction of sp³-hybridized carbons (Fsp3) is 0.545. The van der Waals surface area contributed by atoms with Crippen molar-refractivity contribution in [2.45, 2.75) is 27.4 Å². The number of aliphatic hydroxyl groups is 1. The molecule has 1 aromatic rings. The van der Waals surface area contributed by atoms with Crippen molar-refractivity contribution in [3.63, 3.8) is 0 Å². The Labute approximate surface area is 85.4 Å². The largest absolute Gasteiger partial charge is 0.392 e. The van der Waals surface area contributed by atoms with Crippen LogP contribution in [0, 0.1) is 13.8 Å². The molecule has 0 aliphatic rings. The van der Waals surface area contributed by atoms with Crippen molar-refractivity contribution in [1.82, 2.24) is 4.98 Å². The molecule has 1 aromatic heterocycles. The molecule has 78 valence electrons. The van der Waals surface area contributed by atoms with E-state index in [4.69, 9.17) is 0 Å². The van der Waals surface area contributed by atoms with Gasteiger partial charge < -0.3 is 10.0 Å². The molecule has 0 bridgehead atoms. The maximum absolute atomic E-state index is 9.27. The lowest BCUT2D eigenvalue weighted by molar-refractivity contribution is 0.281. The Morgan fingerprint density at radius 1 is 1.43 bits per heavy atom. The first-order valence-corrected chi connectivity index (χ1v) is 4.89.